The number of carbonyl (C=O) groups is 1. The zero-order valence-electron chi connectivity index (χ0n) is 9.82. The van der Waals surface area contributed by atoms with E-state index in [1.54, 1.807) is 6.07 Å². The van der Waals surface area contributed by atoms with Crippen molar-refractivity contribution < 1.29 is 4.79 Å². The highest BCUT2D eigenvalue weighted by Crippen LogP contribution is 2.20. The lowest BCUT2D eigenvalue weighted by Gasteiger charge is -2.07. The largest absolute Gasteiger partial charge is 0.324 e. The summed E-state index contributed by atoms with van der Waals surface area (Å²) >= 11 is 14.7. The number of halogens is 3. The third-order valence-electron chi connectivity index (χ3n) is 2.34. The number of aryl methyl sites for hydroxylation is 1. The highest BCUT2D eigenvalue weighted by atomic mass is 79.9. The predicted molar refractivity (Wildman–Crippen MR) is 77.6 cm³/mol. The van der Waals surface area contributed by atoms with E-state index in [1.165, 1.54) is 4.68 Å². The monoisotopic (exact) mass is 362 g/mol. The molecule has 0 fully saturated rings. The molecule has 2 aromatic rings. The third kappa shape index (κ3) is 3.68. The van der Waals surface area contributed by atoms with E-state index >= 15 is 0 Å². The highest BCUT2D eigenvalue weighted by Gasteiger charge is 2.10. The van der Waals surface area contributed by atoms with Crippen LogP contribution in [0.1, 0.15) is 5.56 Å². The first-order valence-corrected chi connectivity index (χ1v) is 6.82. The number of benzene rings is 1. The molecule has 5 nitrogen and oxygen atoms in total. The van der Waals surface area contributed by atoms with Crippen LogP contribution in [0.4, 0.5) is 5.69 Å². The minimum atomic E-state index is -0.259. The van der Waals surface area contributed by atoms with E-state index in [1.807, 2.05) is 19.1 Å². The average Bonchev–Trinajstić information content (AvgIpc) is 2.62. The Morgan fingerprint density at radius 2 is 2.21 bits per heavy atom. The Kier molecular flexibility index (Phi) is 4.44. The fraction of sp³-hybridized carbons (Fsp3) is 0.182. The fourth-order valence-electron chi connectivity index (χ4n) is 1.46. The average molecular weight is 364 g/mol. The number of aromatic nitrogens is 3. The molecule has 0 radical (unpaired) electrons. The second-order valence-corrected chi connectivity index (χ2v) is 5.35. The quantitative estimate of drug-likeness (QED) is 0.910. The lowest BCUT2D eigenvalue weighted by atomic mass is 10.2. The minimum absolute atomic E-state index is 0.0114. The molecule has 0 saturated carbocycles. The minimum Gasteiger partial charge on any atom is -0.324 e. The van der Waals surface area contributed by atoms with Crippen molar-refractivity contribution in [2.45, 2.75) is 13.5 Å². The third-order valence-corrected chi connectivity index (χ3v) is 3.67. The molecular formula is C11H9BrCl2N4O. The standard InChI is InChI=1S/C11H9BrCl2N4O/c1-6-4-7(2-3-8(6)12)15-9(19)5-18-11(14)16-10(13)17-18/h2-4H,5H2,1H3,(H,15,19). The summed E-state index contributed by atoms with van der Waals surface area (Å²) in [5.74, 6) is -0.259. The second-order valence-electron chi connectivity index (χ2n) is 3.82. The lowest BCUT2D eigenvalue weighted by Crippen LogP contribution is -2.19. The Bertz CT molecular complexity index is 629. The Labute approximate surface area is 128 Å². The van der Waals surface area contributed by atoms with Gasteiger partial charge in [0.2, 0.25) is 16.5 Å². The molecule has 0 unspecified atom stereocenters. The topological polar surface area (TPSA) is 59.8 Å². The van der Waals surface area contributed by atoms with Crippen molar-refractivity contribution in [3.8, 4) is 0 Å². The predicted octanol–water partition coefficient (Wildman–Crippen LogP) is 3.29. The first-order valence-electron chi connectivity index (χ1n) is 5.27. The molecule has 0 aliphatic rings. The Hall–Kier alpha value is -1.11. The summed E-state index contributed by atoms with van der Waals surface area (Å²) in [7, 11) is 0. The van der Waals surface area contributed by atoms with Gasteiger partial charge in [-0.1, -0.05) is 15.9 Å². The highest BCUT2D eigenvalue weighted by molar-refractivity contribution is 9.10. The van der Waals surface area contributed by atoms with E-state index in [2.05, 4.69) is 31.3 Å². The van der Waals surface area contributed by atoms with Crippen LogP contribution in [0.2, 0.25) is 10.6 Å². The Morgan fingerprint density at radius 3 is 2.79 bits per heavy atom. The molecule has 2 rings (SSSR count). The van der Waals surface area contributed by atoms with Gasteiger partial charge >= 0.3 is 0 Å². The first kappa shape index (κ1) is 14.3. The summed E-state index contributed by atoms with van der Waals surface area (Å²) in [4.78, 5) is 15.5. The van der Waals surface area contributed by atoms with E-state index in [0.29, 0.717) is 5.69 Å². The number of rotatable bonds is 3. The van der Waals surface area contributed by atoms with Crippen LogP contribution < -0.4 is 5.32 Å². The summed E-state index contributed by atoms with van der Waals surface area (Å²) in [5.41, 5.74) is 1.73. The van der Waals surface area contributed by atoms with Gasteiger partial charge in [0.15, 0.2) is 0 Å². The molecule has 0 aliphatic heterocycles. The molecule has 1 aromatic heterocycles. The maximum absolute atomic E-state index is 11.8. The molecule has 0 bridgehead atoms. The van der Waals surface area contributed by atoms with Crippen LogP contribution in [0.3, 0.4) is 0 Å². The molecule has 100 valence electrons. The Balaban J connectivity index is 2.05. The summed E-state index contributed by atoms with van der Waals surface area (Å²) in [5, 5.41) is 6.63. The van der Waals surface area contributed by atoms with Crippen molar-refractivity contribution >= 4 is 50.7 Å². The van der Waals surface area contributed by atoms with Crippen molar-refractivity contribution in [2.75, 3.05) is 5.32 Å². The van der Waals surface area contributed by atoms with Gasteiger partial charge in [0.25, 0.3) is 0 Å². The van der Waals surface area contributed by atoms with Crippen molar-refractivity contribution in [3.05, 3.63) is 38.8 Å². The lowest BCUT2D eigenvalue weighted by molar-refractivity contribution is -0.116. The molecule has 0 atom stereocenters. The van der Waals surface area contributed by atoms with Crippen LogP contribution in [0.5, 0.6) is 0 Å². The first-order chi connectivity index (χ1) is 8.95. The molecule has 1 N–H and O–H groups in total. The van der Waals surface area contributed by atoms with Crippen LogP contribution in [0, 0.1) is 6.92 Å². The van der Waals surface area contributed by atoms with Crippen molar-refractivity contribution in [2.24, 2.45) is 0 Å². The van der Waals surface area contributed by atoms with Crippen molar-refractivity contribution in [3.63, 3.8) is 0 Å². The van der Waals surface area contributed by atoms with Gasteiger partial charge in [0, 0.05) is 10.2 Å². The van der Waals surface area contributed by atoms with Gasteiger partial charge in [0.05, 0.1) is 0 Å². The van der Waals surface area contributed by atoms with Gasteiger partial charge in [-0.3, -0.25) is 4.79 Å². The molecule has 0 saturated heterocycles. The van der Waals surface area contributed by atoms with Gasteiger partial charge in [-0.25, -0.2) is 4.68 Å². The van der Waals surface area contributed by atoms with E-state index in [4.69, 9.17) is 23.2 Å². The van der Waals surface area contributed by atoms with Crippen molar-refractivity contribution in [1.29, 1.82) is 0 Å². The summed E-state index contributed by atoms with van der Waals surface area (Å²) in [6.45, 7) is 1.89. The SMILES string of the molecule is Cc1cc(NC(=O)Cn2nc(Cl)nc2Cl)ccc1Br. The molecule has 1 heterocycles. The van der Waals surface area contributed by atoms with Crippen molar-refractivity contribution in [1.82, 2.24) is 14.8 Å². The summed E-state index contributed by atoms with van der Waals surface area (Å²) in [6.07, 6.45) is 0. The van der Waals surface area contributed by atoms with Gasteiger partial charge in [-0.05, 0) is 53.9 Å². The van der Waals surface area contributed by atoms with Gasteiger partial charge in [0.1, 0.15) is 6.54 Å². The molecule has 1 amide bonds. The van der Waals surface area contributed by atoms with Crippen LogP contribution in [0.15, 0.2) is 22.7 Å². The van der Waals surface area contributed by atoms with Crippen LogP contribution in [-0.4, -0.2) is 20.7 Å². The van der Waals surface area contributed by atoms with Crippen LogP contribution in [-0.2, 0) is 11.3 Å². The number of hydrogen-bond acceptors (Lipinski definition) is 3. The zero-order chi connectivity index (χ0) is 14.0. The van der Waals surface area contributed by atoms with Gasteiger partial charge < -0.3 is 5.32 Å². The number of nitrogens with zero attached hydrogens (tertiary/aromatic N) is 3. The molecular weight excluding hydrogens is 355 g/mol. The van der Waals surface area contributed by atoms with E-state index in [9.17, 15) is 4.79 Å². The number of hydrogen-bond donors (Lipinski definition) is 1. The van der Waals surface area contributed by atoms with Crippen LogP contribution >= 0.6 is 39.1 Å². The number of nitrogens with one attached hydrogen (secondary N) is 1. The molecule has 19 heavy (non-hydrogen) atoms. The maximum atomic E-state index is 11.8. The van der Waals surface area contributed by atoms with E-state index in [-0.39, 0.29) is 23.0 Å². The number of anilines is 1. The van der Waals surface area contributed by atoms with E-state index in [0.717, 1.165) is 10.0 Å². The second kappa shape index (κ2) is 5.90. The molecule has 8 heteroatoms. The van der Waals surface area contributed by atoms with Gasteiger partial charge in [-0.2, -0.15) is 4.98 Å². The zero-order valence-corrected chi connectivity index (χ0v) is 12.9. The molecule has 0 aliphatic carbocycles. The maximum Gasteiger partial charge on any atom is 0.246 e. The van der Waals surface area contributed by atoms with Crippen LogP contribution in [0.25, 0.3) is 0 Å². The summed E-state index contributed by atoms with van der Waals surface area (Å²) in [6, 6.07) is 5.52. The summed E-state index contributed by atoms with van der Waals surface area (Å²) < 4.78 is 2.21. The smallest absolute Gasteiger partial charge is 0.246 e. The fourth-order valence-corrected chi connectivity index (χ4v) is 2.10. The van der Waals surface area contributed by atoms with Gasteiger partial charge in [-0.15, -0.1) is 5.10 Å². The molecule has 0 spiro atoms. The normalized spacial score (nSPS) is 10.5. The molecule has 1 aromatic carbocycles. The number of amides is 1. The Morgan fingerprint density at radius 1 is 1.47 bits per heavy atom. The van der Waals surface area contributed by atoms with E-state index < -0.39 is 0 Å². The number of carbonyl (C=O) groups excluding carboxylic acids is 1.